The zero-order chi connectivity index (χ0) is 30.8. The fourth-order valence-corrected chi connectivity index (χ4v) is 8.17. The van der Waals surface area contributed by atoms with Gasteiger partial charge in [0.25, 0.3) is 0 Å². The number of nitrogens with zero attached hydrogens (tertiary/aromatic N) is 6. The summed E-state index contributed by atoms with van der Waals surface area (Å²) < 4.78 is 29.2. The Bertz CT molecular complexity index is 1750. The van der Waals surface area contributed by atoms with Crippen LogP contribution in [-0.2, 0) is 0 Å². The van der Waals surface area contributed by atoms with Crippen molar-refractivity contribution in [2.24, 2.45) is 5.41 Å². The molecule has 5 heterocycles. The second-order valence-electron chi connectivity index (χ2n) is 13.2. The normalized spacial score (nSPS) is 26.0. The van der Waals surface area contributed by atoms with Crippen LogP contribution in [0.2, 0.25) is 5.02 Å². The number of aliphatic hydroxyl groups is 1. The Kier molecular flexibility index (Phi) is 7.33. The van der Waals surface area contributed by atoms with Crippen LogP contribution in [0.5, 0.6) is 11.9 Å². The number of methoxy groups -OCH3 is 1. The Morgan fingerprint density at radius 2 is 1.95 bits per heavy atom. The van der Waals surface area contributed by atoms with Gasteiger partial charge in [-0.15, -0.1) is 0 Å². The molecule has 12 heteroatoms. The number of benzene rings is 1. The van der Waals surface area contributed by atoms with Gasteiger partial charge in [-0.25, -0.2) is 9.37 Å². The van der Waals surface area contributed by atoms with E-state index < -0.39 is 11.4 Å². The highest BCUT2D eigenvalue weighted by molar-refractivity contribution is 6.35. The van der Waals surface area contributed by atoms with E-state index >= 15 is 4.39 Å². The van der Waals surface area contributed by atoms with Gasteiger partial charge in [-0.2, -0.15) is 15.1 Å². The van der Waals surface area contributed by atoms with Gasteiger partial charge in [0.15, 0.2) is 5.82 Å². The largest absolute Gasteiger partial charge is 0.480 e. The van der Waals surface area contributed by atoms with Gasteiger partial charge in [-0.3, -0.25) is 5.10 Å². The Morgan fingerprint density at radius 3 is 2.75 bits per heavy atom. The fraction of sp³-hybridized carbons (Fsp3) is 0.562. The maximum absolute atomic E-state index is 16.9. The topological polar surface area (TPSA) is 113 Å². The van der Waals surface area contributed by atoms with Gasteiger partial charge < -0.3 is 24.4 Å². The van der Waals surface area contributed by atoms with Crippen molar-refractivity contribution >= 4 is 39.2 Å². The summed E-state index contributed by atoms with van der Waals surface area (Å²) in [5, 5.41) is 19.5. The number of rotatable bonds is 6. The molecular formula is C32H39ClFN7O3. The van der Waals surface area contributed by atoms with Crippen molar-refractivity contribution in [1.29, 1.82) is 0 Å². The molecule has 2 N–H and O–H groups in total. The van der Waals surface area contributed by atoms with Crippen LogP contribution in [0.4, 0.5) is 10.2 Å². The summed E-state index contributed by atoms with van der Waals surface area (Å²) in [5.41, 5.74) is 1.01. The van der Waals surface area contributed by atoms with Crippen molar-refractivity contribution in [2.45, 2.75) is 70.4 Å². The number of hydrogen-bond donors (Lipinski definition) is 2. The molecule has 2 saturated heterocycles. The van der Waals surface area contributed by atoms with E-state index in [0.29, 0.717) is 64.9 Å². The Labute approximate surface area is 260 Å². The molecule has 0 radical (unpaired) electrons. The van der Waals surface area contributed by atoms with Gasteiger partial charge in [0.2, 0.25) is 5.88 Å². The summed E-state index contributed by atoms with van der Waals surface area (Å²) >= 11 is 6.81. The second-order valence-corrected chi connectivity index (χ2v) is 13.6. The molecule has 3 fully saturated rings. The van der Waals surface area contributed by atoms with Crippen LogP contribution in [-0.4, -0.2) is 87.2 Å². The lowest BCUT2D eigenvalue weighted by Crippen LogP contribution is -2.50. The molecule has 4 aromatic rings. The van der Waals surface area contributed by atoms with Crippen LogP contribution >= 0.6 is 11.6 Å². The number of likely N-dealkylation sites (tertiary alicyclic amines) is 1. The number of piperidine rings is 2. The summed E-state index contributed by atoms with van der Waals surface area (Å²) in [4.78, 5) is 18.7. The smallest absolute Gasteiger partial charge is 0.319 e. The van der Waals surface area contributed by atoms with Crippen LogP contribution < -0.4 is 14.4 Å². The zero-order valence-corrected chi connectivity index (χ0v) is 26.5. The standard InChI is InChI=1S/C32H39ClFN7O3/c1-18-14-20-19(15-35-39-20)22(24(18)33)26-25(34)27-23(29(36-26)43-4)28(41-13-6-9-31(2,42)16-41)38-30(37-27)44-17-32-10-5-8-21(32)40(3)12-7-11-32/h14-15,21,42H,5-13,16-17H2,1-4H3,(H,35,39). The number of H-pyrrole nitrogens is 1. The van der Waals surface area contributed by atoms with Crippen LogP contribution in [0, 0.1) is 18.2 Å². The fourth-order valence-electron chi connectivity index (χ4n) is 7.93. The molecule has 0 spiro atoms. The molecule has 3 aliphatic rings. The number of ether oxygens (including phenoxy) is 2. The molecule has 10 nitrogen and oxygen atoms in total. The third-order valence-corrected chi connectivity index (χ3v) is 10.5. The molecule has 2 aliphatic heterocycles. The molecule has 1 aromatic carbocycles. The van der Waals surface area contributed by atoms with E-state index in [1.165, 1.54) is 7.11 Å². The average molecular weight is 624 g/mol. The highest BCUT2D eigenvalue weighted by atomic mass is 35.5. The third kappa shape index (κ3) is 4.84. The highest BCUT2D eigenvalue weighted by Crippen LogP contribution is 2.48. The van der Waals surface area contributed by atoms with Crippen molar-refractivity contribution in [3.63, 3.8) is 0 Å². The molecule has 1 saturated carbocycles. The lowest BCUT2D eigenvalue weighted by molar-refractivity contribution is 0.0132. The van der Waals surface area contributed by atoms with Crippen LogP contribution in [0.1, 0.15) is 57.4 Å². The number of β-amino-alcohol motifs (C(OH)–C–C–N with tert-alkyl or cyclic N) is 1. The summed E-state index contributed by atoms with van der Waals surface area (Å²) in [6.45, 7) is 6.16. The Morgan fingerprint density at radius 1 is 1.16 bits per heavy atom. The summed E-state index contributed by atoms with van der Waals surface area (Å²) in [6, 6.07) is 2.42. The molecule has 0 amide bonds. The maximum Gasteiger partial charge on any atom is 0.319 e. The Hall–Kier alpha value is -3.28. The first-order valence-corrected chi connectivity index (χ1v) is 15.9. The SMILES string of the molecule is COc1nc(-c2c(Cl)c(C)cc3[nH]ncc23)c(F)c2nc(OCC34CCCC3N(C)CCC4)nc(N3CCCC(C)(O)C3)c12. The predicted molar refractivity (Wildman–Crippen MR) is 168 cm³/mol. The molecule has 3 unspecified atom stereocenters. The first-order chi connectivity index (χ1) is 21.1. The summed E-state index contributed by atoms with van der Waals surface area (Å²) in [5.74, 6) is -0.0482. The Balaban J connectivity index is 1.41. The molecule has 1 aliphatic carbocycles. The number of aromatic amines is 1. The van der Waals surface area contributed by atoms with Crippen molar-refractivity contribution in [3.05, 3.63) is 28.7 Å². The van der Waals surface area contributed by atoms with Gasteiger partial charge in [-0.1, -0.05) is 18.0 Å². The molecule has 3 aromatic heterocycles. The first-order valence-electron chi connectivity index (χ1n) is 15.5. The van der Waals surface area contributed by atoms with Crippen molar-refractivity contribution in [2.75, 3.05) is 45.3 Å². The van der Waals surface area contributed by atoms with Crippen LogP contribution in [0.3, 0.4) is 0 Å². The number of halogens is 2. The molecule has 3 atom stereocenters. The number of aromatic nitrogens is 5. The number of aryl methyl sites for hydroxylation is 1. The van der Waals surface area contributed by atoms with Gasteiger partial charge >= 0.3 is 6.01 Å². The van der Waals surface area contributed by atoms with E-state index in [1.807, 2.05) is 24.8 Å². The van der Waals surface area contributed by atoms with Gasteiger partial charge in [0.1, 0.15) is 22.4 Å². The van der Waals surface area contributed by atoms with Crippen molar-refractivity contribution in [1.82, 2.24) is 30.0 Å². The van der Waals surface area contributed by atoms with E-state index in [9.17, 15) is 5.11 Å². The number of hydrogen-bond acceptors (Lipinski definition) is 9. The maximum atomic E-state index is 16.9. The minimum Gasteiger partial charge on any atom is -0.480 e. The second kappa shape index (κ2) is 11.0. The minimum atomic E-state index is -0.930. The highest BCUT2D eigenvalue weighted by Gasteiger charge is 2.47. The zero-order valence-electron chi connectivity index (χ0n) is 25.7. The van der Waals surface area contributed by atoms with Gasteiger partial charge in [-0.05, 0) is 77.6 Å². The lowest BCUT2D eigenvalue weighted by atomic mass is 9.76. The molecule has 0 bridgehead atoms. The monoisotopic (exact) mass is 623 g/mol. The van der Waals surface area contributed by atoms with E-state index in [4.69, 9.17) is 31.0 Å². The molecular weight excluding hydrogens is 585 g/mol. The van der Waals surface area contributed by atoms with Crippen molar-refractivity contribution < 1.29 is 19.0 Å². The van der Waals surface area contributed by atoms with Crippen molar-refractivity contribution in [3.8, 4) is 23.1 Å². The summed E-state index contributed by atoms with van der Waals surface area (Å²) in [7, 11) is 3.69. The van der Waals surface area contributed by atoms with E-state index in [2.05, 4.69) is 27.1 Å². The summed E-state index contributed by atoms with van der Waals surface area (Å²) in [6.07, 6.45) is 8.61. The van der Waals surface area contributed by atoms with Gasteiger partial charge in [0, 0.05) is 35.5 Å². The molecule has 234 valence electrons. The third-order valence-electron chi connectivity index (χ3n) is 10.0. The number of pyridine rings is 1. The molecule has 44 heavy (non-hydrogen) atoms. The van der Waals surface area contributed by atoms with Crippen LogP contribution in [0.25, 0.3) is 33.1 Å². The quantitative estimate of drug-likeness (QED) is 0.280. The van der Waals surface area contributed by atoms with Crippen LogP contribution in [0.15, 0.2) is 12.3 Å². The van der Waals surface area contributed by atoms with Gasteiger partial charge in [0.05, 0.1) is 36.1 Å². The van der Waals surface area contributed by atoms with E-state index in [0.717, 1.165) is 50.6 Å². The first kappa shape index (κ1) is 29.4. The number of anilines is 1. The van der Waals surface area contributed by atoms with E-state index in [1.54, 1.807) is 6.20 Å². The number of nitrogens with one attached hydrogen (secondary N) is 1. The lowest BCUT2D eigenvalue weighted by Gasteiger charge is -2.44. The minimum absolute atomic E-state index is 0.0130. The number of fused-ring (bicyclic) bond motifs is 3. The predicted octanol–water partition coefficient (Wildman–Crippen LogP) is 5.67. The average Bonchev–Trinajstić information content (AvgIpc) is 3.65. The molecule has 7 rings (SSSR count). The van der Waals surface area contributed by atoms with E-state index in [-0.39, 0.29) is 28.5 Å².